The summed E-state index contributed by atoms with van der Waals surface area (Å²) in [6, 6.07) is 9.81. The largest absolute Gasteiger partial charge is 0.346 e. The number of amides is 1. The molecule has 1 aromatic carbocycles. The average molecular weight is 314 g/mol. The van der Waals surface area contributed by atoms with Gasteiger partial charge in [-0.25, -0.2) is 0 Å². The van der Waals surface area contributed by atoms with Crippen LogP contribution in [0.15, 0.2) is 34.9 Å². The normalized spacial score (nSPS) is 22.0. The molecule has 1 aromatic heterocycles. The first-order valence-corrected chi connectivity index (χ1v) is 8.04. The lowest BCUT2D eigenvalue weighted by molar-refractivity contribution is -0.125. The van der Waals surface area contributed by atoms with Crippen molar-refractivity contribution < 1.29 is 9.32 Å². The summed E-state index contributed by atoms with van der Waals surface area (Å²) < 4.78 is 5.28. The van der Waals surface area contributed by atoms with Gasteiger partial charge < -0.3 is 15.6 Å². The van der Waals surface area contributed by atoms with Crippen molar-refractivity contribution in [3.05, 3.63) is 47.6 Å². The van der Waals surface area contributed by atoms with Gasteiger partial charge in [0.25, 0.3) is 0 Å². The molecular weight excluding hydrogens is 292 g/mol. The Morgan fingerprint density at radius 2 is 2.17 bits per heavy atom. The number of hydrogen-bond acceptors (Lipinski definition) is 5. The molecule has 0 spiro atoms. The molecule has 1 saturated carbocycles. The second-order valence-corrected chi connectivity index (χ2v) is 6.21. The highest BCUT2D eigenvalue weighted by molar-refractivity contribution is 5.79. The number of aromatic nitrogens is 2. The van der Waals surface area contributed by atoms with Crippen molar-refractivity contribution in [1.29, 1.82) is 0 Å². The van der Waals surface area contributed by atoms with Gasteiger partial charge in [0, 0.05) is 12.0 Å². The minimum Gasteiger partial charge on any atom is -0.346 e. The molecule has 1 heterocycles. The minimum atomic E-state index is -0.271. The fourth-order valence-electron chi connectivity index (χ4n) is 2.94. The van der Waals surface area contributed by atoms with Crippen LogP contribution in [0.4, 0.5) is 0 Å². The first kappa shape index (κ1) is 15.7. The number of rotatable bonds is 5. The topological polar surface area (TPSA) is 94.0 Å². The number of carbonyl (C=O) groups excluding carboxylic acids is 1. The zero-order chi connectivity index (χ0) is 16.2. The summed E-state index contributed by atoms with van der Waals surface area (Å²) in [7, 11) is 0. The first-order chi connectivity index (χ1) is 11.1. The molecule has 1 fully saturated rings. The van der Waals surface area contributed by atoms with E-state index in [1.54, 1.807) is 0 Å². The number of benzene rings is 1. The second kappa shape index (κ2) is 6.91. The molecule has 6 heteroatoms. The van der Waals surface area contributed by atoms with E-state index in [1.807, 2.05) is 37.3 Å². The van der Waals surface area contributed by atoms with Crippen LogP contribution in [0.25, 0.3) is 0 Å². The molecule has 0 saturated heterocycles. The van der Waals surface area contributed by atoms with Gasteiger partial charge in [0.15, 0.2) is 5.82 Å². The Bertz CT molecular complexity index is 656. The molecule has 1 aliphatic rings. The summed E-state index contributed by atoms with van der Waals surface area (Å²) in [6.07, 6.45) is 3.11. The summed E-state index contributed by atoms with van der Waals surface area (Å²) in [6.45, 7) is 1.87. The van der Waals surface area contributed by atoms with Crippen LogP contribution in [0, 0.1) is 5.92 Å². The summed E-state index contributed by atoms with van der Waals surface area (Å²) in [4.78, 5) is 16.6. The third kappa shape index (κ3) is 3.96. The van der Waals surface area contributed by atoms with E-state index < -0.39 is 0 Å². The lowest BCUT2D eigenvalue weighted by Gasteiger charge is -2.14. The SMILES string of the molecule is CC(NC(=O)C1CCC(N)C1)c1noc(Cc2ccccc2)n1. The van der Waals surface area contributed by atoms with Gasteiger partial charge >= 0.3 is 0 Å². The van der Waals surface area contributed by atoms with Crippen LogP contribution in [-0.4, -0.2) is 22.1 Å². The fourth-order valence-corrected chi connectivity index (χ4v) is 2.94. The summed E-state index contributed by atoms with van der Waals surface area (Å²) in [5.74, 6) is 1.09. The van der Waals surface area contributed by atoms with Crippen LogP contribution in [0.5, 0.6) is 0 Å². The zero-order valence-electron chi connectivity index (χ0n) is 13.2. The lowest BCUT2D eigenvalue weighted by Crippen LogP contribution is -2.33. The van der Waals surface area contributed by atoms with Crippen LogP contribution in [0.2, 0.25) is 0 Å². The molecule has 0 bridgehead atoms. The van der Waals surface area contributed by atoms with Gasteiger partial charge in [-0.1, -0.05) is 35.5 Å². The van der Waals surface area contributed by atoms with Crippen LogP contribution >= 0.6 is 0 Å². The average Bonchev–Trinajstić information content (AvgIpc) is 3.17. The van der Waals surface area contributed by atoms with Gasteiger partial charge in [0.05, 0.1) is 12.5 Å². The van der Waals surface area contributed by atoms with Gasteiger partial charge in [0.1, 0.15) is 0 Å². The van der Waals surface area contributed by atoms with Crippen molar-refractivity contribution in [3.63, 3.8) is 0 Å². The molecule has 0 aliphatic heterocycles. The van der Waals surface area contributed by atoms with E-state index in [9.17, 15) is 4.79 Å². The van der Waals surface area contributed by atoms with E-state index in [-0.39, 0.29) is 23.9 Å². The van der Waals surface area contributed by atoms with Crippen molar-refractivity contribution >= 4 is 5.91 Å². The molecule has 1 aliphatic carbocycles. The van der Waals surface area contributed by atoms with E-state index in [4.69, 9.17) is 10.3 Å². The second-order valence-electron chi connectivity index (χ2n) is 6.21. The Morgan fingerprint density at radius 1 is 1.39 bits per heavy atom. The van der Waals surface area contributed by atoms with E-state index >= 15 is 0 Å². The molecule has 2 aromatic rings. The smallest absolute Gasteiger partial charge is 0.231 e. The molecule has 3 unspecified atom stereocenters. The summed E-state index contributed by atoms with van der Waals surface area (Å²) in [5, 5.41) is 6.94. The Kier molecular flexibility index (Phi) is 4.71. The highest BCUT2D eigenvalue weighted by Gasteiger charge is 2.29. The van der Waals surface area contributed by atoms with Gasteiger partial charge in [-0.15, -0.1) is 0 Å². The van der Waals surface area contributed by atoms with Crippen LogP contribution < -0.4 is 11.1 Å². The van der Waals surface area contributed by atoms with Crippen molar-refractivity contribution in [2.45, 2.75) is 44.7 Å². The first-order valence-electron chi connectivity index (χ1n) is 8.04. The number of nitrogens with two attached hydrogens (primary N) is 1. The van der Waals surface area contributed by atoms with Gasteiger partial charge in [0.2, 0.25) is 11.8 Å². The minimum absolute atomic E-state index is 0.00291. The lowest BCUT2D eigenvalue weighted by atomic mass is 10.1. The van der Waals surface area contributed by atoms with Crippen LogP contribution in [0.3, 0.4) is 0 Å². The monoisotopic (exact) mass is 314 g/mol. The molecule has 6 nitrogen and oxygen atoms in total. The number of nitrogens with one attached hydrogen (secondary N) is 1. The van der Waals surface area contributed by atoms with Crippen molar-refractivity contribution in [2.24, 2.45) is 11.7 Å². The van der Waals surface area contributed by atoms with E-state index in [0.717, 1.165) is 24.8 Å². The van der Waals surface area contributed by atoms with Crippen molar-refractivity contribution in [2.75, 3.05) is 0 Å². The molecule has 122 valence electrons. The number of nitrogens with zero attached hydrogens (tertiary/aromatic N) is 2. The Hall–Kier alpha value is -2.21. The zero-order valence-corrected chi connectivity index (χ0v) is 13.2. The van der Waals surface area contributed by atoms with Gasteiger partial charge in [-0.3, -0.25) is 4.79 Å². The number of carbonyl (C=O) groups is 1. The quantitative estimate of drug-likeness (QED) is 0.880. The molecule has 3 atom stereocenters. The van der Waals surface area contributed by atoms with Gasteiger partial charge in [-0.2, -0.15) is 4.98 Å². The van der Waals surface area contributed by atoms with Crippen LogP contribution in [-0.2, 0) is 11.2 Å². The molecule has 23 heavy (non-hydrogen) atoms. The number of hydrogen-bond donors (Lipinski definition) is 2. The standard InChI is InChI=1S/C17H22N4O2/c1-11(19-17(22)13-7-8-14(18)10-13)16-20-15(23-21-16)9-12-5-3-2-4-6-12/h2-6,11,13-14H,7-10,18H2,1H3,(H,19,22). The van der Waals surface area contributed by atoms with Crippen molar-refractivity contribution in [3.8, 4) is 0 Å². The molecule has 1 amide bonds. The molecule has 0 radical (unpaired) electrons. The third-order valence-corrected chi connectivity index (χ3v) is 4.27. The van der Waals surface area contributed by atoms with Crippen LogP contribution in [0.1, 0.15) is 49.5 Å². The highest BCUT2D eigenvalue weighted by Crippen LogP contribution is 2.25. The van der Waals surface area contributed by atoms with Crippen molar-refractivity contribution in [1.82, 2.24) is 15.5 Å². The summed E-state index contributed by atoms with van der Waals surface area (Å²) >= 11 is 0. The predicted molar refractivity (Wildman–Crippen MR) is 85.4 cm³/mol. The Balaban J connectivity index is 1.58. The molecule has 3 N–H and O–H groups in total. The Morgan fingerprint density at radius 3 is 2.87 bits per heavy atom. The van der Waals surface area contributed by atoms with E-state index in [1.165, 1.54) is 0 Å². The van der Waals surface area contributed by atoms with E-state index in [2.05, 4.69) is 15.5 Å². The maximum absolute atomic E-state index is 12.2. The van der Waals surface area contributed by atoms with E-state index in [0.29, 0.717) is 18.1 Å². The fraction of sp³-hybridized carbons (Fsp3) is 0.471. The predicted octanol–water partition coefficient (Wildman–Crippen LogP) is 1.96. The molecular formula is C17H22N4O2. The highest BCUT2D eigenvalue weighted by atomic mass is 16.5. The summed E-state index contributed by atoms with van der Waals surface area (Å²) in [5.41, 5.74) is 6.97. The Labute approximate surface area is 135 Å². The molecule has 3 rings (SSSR count). The maximum atomic E-state index is 12.2. The third-order valence-electron chi connectivity index (χ3n) is 4.27. The maximum Gasteiger partial charge on any atom is 0.231 e. The van der Waals surface area contributed by atoms with Gasteiger partial charge in [-0.05, 0) is 31.7 Å².